The van der Waals surface area contributed by atoms with Crippen molar-refractivity contribution in [3.8, 4) is 11.4 Å². The van der Waals surface area contributed by atoms with Gasteiger partial charge in [0.2, 0.25) is 5.82 Å². The number of nitrogens with zero attached hydrogens (tertiary/aromatic N) is 4. The number of carbonyl (C=O) groups excluding carboxylic acids is 1. The first-order chi connectivity index (χ1) is 11.6. The van der Waals surface area contributed by atoms with Crippen LogP contribution in [-0.4, -0.2) is 57.2 Å². The minimum absolute atomic E-state index is 0.0746. The highest BCUT2D eigenvalue weighted by Gasteiger charge is 2.37. The van der Waals surface area contributed by atoms with Crippen LogP contribution in [0, 0.1) is 0 Å². The van der Waals surface area contributed by atoms with Crippen molar-refractivity contribution in [2.45, 2.75) is 38.2 Å². The van der Waals surface area contributed by atoms with Crippen molar-refractivity contribution in [1.29, 1.82) is 0 Å². The molecule has 1 aliphatic rings. The van der Waals surface area contributed by atoms with Gasteiger partial charge in [0.05, 0.1) is 0 Å². The summed E-state index contributed by atoms with van der Waals surface area (Å²) in [6.45, 7) is 3.25. The molecule has 0 aliphatic carbocycles. The molecule has 1 unspecified atom stereocenters. The van der Waals surface area contributed by atoms with E-state index >= 15 is 0 Å². The van der Waals surface area contributed by atoms with Crippen molar-refractivity contribution in [2.75, 3.05) is 20.2 Å². The highest BCUT2D eigenvalue weighted by atomic mass is 16.5. The third-order valence-corrected chi connectivity index (χ3v) is 4.56. The van der Waals surface area contributed by atoms with Crippen LogP contribution in [0.15, 0.2) is 24.3 Å². The standard InChI is InChI=1S/C17H23N5O2/c1-17(10-3-4-12-24-17)16(23)22(2)11-9-13-5-7-14(8-6-13)15-18-20-21-19-15/h5-8H,3-4,9-12H2,1-2H3,(H,18,19,20,21). The summed E-state index contributed by atoms with van der Waals surface area (Å²) in [7, 11) is 1.85. The van der Waals surface area contributed by atoms with Crippen LogP contribution in [0.1, 0.15) is 31.7 Å². The number of ether oxygens (including phenoxy) is 1. The van der Waals surface area contributed by atoms with Crippen LogP contribution >= 0.6 is 0 Å². The fraction of sp³-hybridized carbons (Fsp3) is 0.529. The smallest absolute Gasteiger partial charge is 0.254 e. The lowest BCUT2D eigenvalue weighted by Gasteiger charge is -2.35. The number of likely N-dealkylation sites (N-methyl/N-ethyl adjacent to an activating group) is 1. The molecule has 1 fully saturated rings. The quantitative estimate of drug-likeness (QED) is 0.904. The van der Waals surface area contributed by atoms with E-state index in [0.29, 0.717) is 19.0 Å². The van der Waals surface area contributed by atoms with E-state index in [1.165, 1.54) is 0 Å². The van der Waals surface area contributed by atoms with Gasteiger partial charge in [-0.1, -0.05) is 24.3 Å². The Kier molecular flexibility index (Phi) is 4.89. The van der Waals surface area contributed by atoms with E-state index in [9.17, 15) is 4.79 Å². The summed E-state index contributed by atoms with van der Waals surface area (Å²) >= 11 is 0. The van der Waals surface area contributed by atoms with E-state index in [-0.39, 0.29) is 5.91 Å². The van der Waals surface area contributed by atoms with Gasteiger partial charge in [0.25, 0.3) is 5.91 Å². The lowest BCUT2D eigenvalue weighted by Crippen LogP contribution is -2.49. The molecule has 1 aromatic heterocycles. The molecule has 1 N–H and O–H groups in total. The van der Waals surface area contributed by atoms with Crippen LogP contribution in [0.4, 0.5) is 0 Å². The Morgan fingerprint density at radius 2 is 2.12 bits per heavy atom. The minimum atomic E-state index is -0.657. The van der Waals surface area contributed by atoms with Crippen LogP contribution < -0.4 is 0 Å². The third-order valence-electron chi connectivity index (χ3n) is 4.56. The summed E-state index contributed by atoms with van der Waals surface area (Å²) in [4.78, 5) is 14.4. The van der Waals surface area contributed by atoms with Gasteiger partial charge < -0.3 is 9.64 Å². The maximum absolute atomic E-state index is 12.6. The highest BCUT2D eigenvalue weighted by molar-refractivity contribution is 5.84. The molecule has 2 heterocycles. The van der Waals surface area contributed by atoms with Crippen LogP contribution in [0.5, 0.6) is 0 Å². The molecule has 7 heteroatoms. The van der Waals surface area contributed by atoms with Crippen molar-refractivity contribution in [1.82, 2.24) is 25.5 Å². The number of benzene rings is 1. The van der Waals surface area contributed by atoms with Crippen LogP contribution in [0.3, 0.4) is 0 Å². The maximum Gasteiger partial charge on any atom is 0.254 e. The number of aromatic nitrogens is 4. The van der Waals surface area contributed by atoms with E-state index in [2.05, 4.69) is 20.6 Å². The Morgan fingerprint density at radius 3 is 2.75 bits per heavy atom. The summed E-state index contributed by atoms with van der Waals surface area (Å²) in [5.74, 6) is 0.654. The summed E-state index contributed by atoms with van der Waals surface area (Å²) in [5.41, 5.74) is 1.42. The number of amides is 1. The van der Waals surface area contributed by atoms with Crippen molar-refractivity contribution >= 4 is 5.91 Å². The number of rotatable bonds is 5. The van der Waals surface area contributed by atoms with E-state index in [0.717, 1.165) is 36.8 Å². The van der Waals surface area contributed by atoms with Gasteiger partial charge in [-0.05, 0) is 43.4 Å². The number of H-pyrrole nitrogens is 1. The Hall–Kier alpha value is -2.28. The Labute approximate surface area is 141 Å². The summed E-state index contributed by atoms with van der Waals surface area (Å²) < 4.78 is 5.74. The highest BCUT2D eigenvalue weighted by Crippen LogP contribution is 2.26. The molecule has 0 bridgehead atoms. The molecule has 24 heavy (non-hydrogen) atoms. The predicted molar refractivity (Wildman–Crippen MR) is 89.2 cm³/mol. The zero-order valence-corrected chi connectivity index (χ0v) is 14.2. The topological polar surface area (TPSA) is 84.0 Å². The maximum atomic E-state index is 12.6. The number of aromatic amines is 1. The van der Waals surface area contributed by atoms with E-state index in [1.54, 1.807) is 4.90 Å². The molecule has 1 aromatic carbocycles. The molecular formula is C17H23N5O2. The zero-order chi connectivity index (χ0) is 17.0. The normalized spacial score (nSPS) is 20.8. The number of tetrazole rings is 1. The van der Waals surface area contributed by atoms with Gasteiger partial charge in [0.1, 0.15) is 5.60 Å². The molecule has 1 saturated heterocycles. The predicted octanol–water partition coefficient (Wildman–Crippen LogP) is 1.83. The lowest BCUT2D eigenvalue weighted by atomic mass is 9.94. The van der Waals surface area contributed by atoms with E-state index < -0.39 is 5.60 Å². The molecule has 0 saturated carbocycles. The molecule has 2 aromatic rings. The SMILES string of the molecule is CN(CCc1ccc(-c2nn[nH]n2)cc1)C(=O)C1(C)CCCCO1. The number of hydrogen-bond acceptors (Lipinski definition) is 5. The first-order valence-corrected chi connectivity index (χ1v) is 8.31. The van der Waals surface area contributed by atoms with Gasteiger partial charge >= 0.3 is 0 Å². The van der Waals surface area contributed by atoms with Crippen molar-refractivity contribution in [3.05, 3.63) is 29.8 Å². The molecular weight excluding hydrogens is 306 g/mol. The average Bonchev–Trinajstić information content (AvgIpc) is 3.15. The fourth-order valence-corrected chi connectivity index (χ4v) is 3.01. The van der Waals surface area contributed by atoms with Crippen molar-refractivity contribution in [3.63, 3.8) is 0 Å². The molecule has 3 rings (SSSR count). The monoisotopic (exact) mass is 329 g/mol. The first kappa shape index (κ1) is 16.6. The summed E-state index contributed by atoms with van der Waals surface area (Å²) in [6, 6.07) is 7.99. The van der Waals surface area contributed by atoms with Crippen molar-refractivity contribution < 1.29 is 9.53 Å². The number of carbonyl (C=O) groups is 1. The lowest BCUT2D eigenvalue weighted by molar-refractivity contribution is -0.160. The molecule has 0 radical (unpaired) electrons. The zero-order valence-electron chi connectivity index (χ0n) is 14.2. The molecule has 1 aliphatic heterocycles. The fourth-order valence-electron chi connectivity index (χ4n) is 3.01. The molecule has 128 valence electrons. The molecule has 0 spiro atoms. The Balaban J connectivity index is 1.56. The number of nitrogens with one attached hydrogen (secondary N) is 1. The summed E-state index contributed by atoms with van der Waals surface area (Å²) in [6.07, 6.45) is 3.69. The second-order valence-corrected chi connectivity index (χ2v) is 6.45. The molecule has 1 atom stereocenters. The van der Waals surface area contributed by atoms with Crippen LogP contribution in [0.2, 0.25) is 0 Å². The largest absolute Gasteiger partial charge is 0.365 e. The van der Waals surface area contributed by atoms with Gasteiger partial charge in [-0.3, -0.25) is 4.79 Å². The van der Waals surface area contributed by atoms with E-state index in [4.69, 9.17) is 4.74 Å². The minimum Gasteiger partial charge on any atom is -0.365 e. The van der Waals surface area contributed by atoms with Gasteiger partial charge in [0.15, 0.2) is 0 Å². The van der Waals surface area contributed by atoms with Gasteiger partial charge in [-0.25, -0.2) is 0 Å². The Morgan fingerprint density at radius 1 is 1.33 bits per heavy atom. The Bertz CT molecular complexity index is 663. The van der Waals surface area contributed by atoms with Gasteiger partial charge in [0, 0.05) is 25.8 Å². The van der Waals surface area contributed by atoms with Crippen LogP contribution in [0.25, 0.3) is 11.4 Å². The third kappa shape index (κ3) is 3.62. The number of hydrogen-bond donors (Lipinski definition) is 1. The molecule has 1 amide bonds. The van der Waals surface area contributed by atoms with E-state index in [1.807, 2.05) is 38.2 Å². The second kappa shape index (κ2) is 7.09. The molecule has 7 nitrogen and oxygen atoms in total. The second-order valence-electron chi connectivity index (χ2n) is 6.45. The van der Waals surface area contributed by atoms with Crippen molar-refractivity contribution in [2.24, 2.45) is 0 Å². The van der Waals surface area contributed by atoms with Gasteiger partial charge in [-0.2, -0.15) is 5.21 Å². The average molecular weight is 329 g/mol. The summed E-state index contributed by atoms with van der Waals surface area (Å²) in [5, 5.41) is 13.9. The first-order valence-electron chi connectivity index (χ1n) is 8.31. The van der Waals surface area contributed by atoms with Crippen LogP contribution in [-0.2, 0) is 16.0 Å². The van der Waals surface area contributed by atoms with Gasteiger partial charge in [-0.15, -0.1) is 10.2 Å².